The number of carbonyl (C=O) groups excluding carboxylic acids is 1. The maximum absolute atomic E-state index is 10.7. The molecule has 4 nitrogen and oxygen atoms in total. The standard InChI is InChI=1S/C25H22O4.Na/c26-23(16-14-20-10-4-5-11-21(20)15-17-25(27)28)22-12-6-7-13-24(22)29-18-19-8-2-1-3-9-19;/h1-17,23,26H,18H2,(H,27,28);/q;+1/p-1/b16-14+,17-15+;. The molecular weight excluding hydrogens is 387 g/mol. The van der Waals surface area contributed by atoms with Crippen molar-refractivity contribution in [1.82, 2.24) is 0 Å². The molecule has 0 radical (unpaired) electrons. The maximum Gasteiger partial charge on any atom is 1.00 e. The third kappa shape index (κ3) is 7.01. The predicted octanol–water partition coefficient (Wildman–Crippen LogP) is 0.779. The van der Waals surface area contributed by atoms with Gasteiger partial charge in [-0.25, -0.2) is 0 Å². The second kappa shape index (κ2) is 12.2. The molecule has 1 unspecified atom stereocenters. The van der Waals surface area contributed by atoms with E-state index in [1.165, 1.54) is 6.08 Å². The van der Waals surface area contributed by atoms with Crippen molar-refractivity contribution in [3.05, 3.63) is 113 Å². The van der Waals surface area contributed by atoms with E-state index in [1.807, 2.05) is 72.8 Å². The van der Waals surface area contributed by atoms with E-state index < -0.39 is 12.1 Å². The van der Waals surface area contributed by atoms with Crippen molar-refractivity contribution in [2.45, 2.75) is 12.7 Å². The van der Waals surface area contributed by atoms with E-state index in [2.05, 4.69) is 0 Å². The Morgan fingerprint density at radius 3 is 2.20 bits per heavy atom. The Hall–Kier alpha value is -2.63. The van der Waals surface area contributed by atoms with Crippen LogP contribution in [0, 0.1) is 0 Å². The van der Waals surface area contributed by atoms with E-state index in [4.69, 9.17) is 4.74 Å². The molecule has 0 aromatic heterocycles. The molecule has 1 atom stereocenters. The smallest absolute Gasteiger partial charge is 0.545 e. The predicted molar refractivity (Wildman–Crippen MR) is 112 cm³/mol. The fraction of sp³-hybridized carbons (Fsp3) is 0.0800. The van der Waals surface area contributed by atoms with Crippen molar-refractivity contribution >= 4 is 18.1 Å². The Bertz CT molecular complexity index is 1010. The van der Waals surface area contributed by atoms with Crippen LogP contribution in [0.3, 0.4) is 0 Å². The van der Waals surface area contributed by atoms with Gasteiger partial charge >= 0.3 is 29.6 Å². The summed E-state index contributed by atoms with van der Waals surface area (Å²) in [7, 11) is 0. The van der Waals surface area contributed by atoms with E-state index in [1.54, 1.807) is 18.2 Å². The molecule has 0 bridgehead atoms. The van der Waals surface area contributed by atoms with Crippen LogP contribution in [-0.2, 0) is 11.4 Å². The van der Waals surface area contributed by atoms with Gasteiger partial charge in [-0.3, -0.25) is 0 Å². The van der Waals surface area contributed by atoms with E-state index in [0.29, 0.717) is 23.5 Å². The number of carbonyl (C=O) groups is 1. The number of carboxylic acid groups (broad SMARTS) is 1. The molecule has 1 N–H and O–H groups in total. The van der Waals surface area contributed by atoms with E-state index in [-0.39, 0.29) is 29.6 Å². The van der Waals surface area contributed by atoms with Crippen molar-refractivity contribution in [2.24, 2.45) is 0 Å². The van der Waals surface area contributed by atoms with Crippen LogP contribution in [0.15, 0.2) is 91.0 Å². The van der Waals surface area contributed by atoms with Gasteiger partial charge in [0.25, 0.3) is 0 Å². The number of hydrogen-bond donors (Lipinski definition) is 1. The number of hydrogen-bond acceptors (Lipinski definition) is 4. The van der Waals surface area contributed by atoms with Gasteiger partial charge in [0.15, 0.2) is 0 Å². The first kappa shape index (κ1) is 23.6. The number of aliphatic hydroxyl groups is 1. The Labute approximate surface area is 198 Å². The molecule has 0 fully saturated rings. The summed E-state index contributed by atoms with van der Waals surface area (Å²) in [5.74, 6) is -0.646. The number of para-hydroxylation sites is 1. The number of aliphatic carboxylic acids is 1. The molecule has 0 aliphatic rings. The van der Waals surface area contributed by atoms with Gasteiger partial charge in [-0.05, 0) is 28.8 Å². The normalized spacial score (nSPS) is 11.9. The summed E-state index contributed by atoms with van der Waals surface area (Å²) in [5, 5.41) is 21.3. The largest absolute Gasteiger partial charge is 1.00 e. The van der Waals surface area contributed by atoms with Gasteiger partial charge in [-0.2, -0.15) is 0 Å². The third-order valence-corrected chi connectivity index (χ3v) is 4.33. The van der Waals surface area contributed by atoms with Crippen LogP contribution < -0.4 is 39.4 Å². The molecule has 0 amide bonds. The molecule has 0 saturated heterocycles. The molecule has 30 heavy (non-hydrogen) atoms. The second-order valence-electron chi connectivity index (χ2n) is 6.40. The Morgan fingerprint density at radius 2 is 1.50 bits per heavy atom. The summed E-state index contributed by atoms with van der Waals surface area (Å²) >= 11 is 0. The maximum atomic E-state index is 10.7. The minimum absolute atomic E-state index is 0. The quantitative estimate of drug-likeness (QED) is 0.442. The number of benzene rings is 3. The Balaban J connectivity index is 0.00000320. The van der Waals surface area contributed by atoms with Crippen molar-refractivity contribution in [1.29, 1.82) is 0 Å². The summed E-state index contributed by atoms with van der Waals surface area (Å²) in [6, 6.07) is 24.5. The monoisotopic (exact) mass is 408 g/mol. The third-order valence-electron chi connectivity index (χ3n) is 4.33. The molecule has 5 heteroatoms. The molecule has 3 aromatic rings. The Kier molecular flexibility index (Phi) is 9.58. The van der Waals surface area contributed by atoms with Gasteiger partial charge < -0.3 is 19.7 Å². The van der Waals surface area contributed by atoms with Crippen LogP contribution in [0.1, 0.15) is 28.4 Å². The average molecular weight is 408 g/mol. The zero-order valence-electron chi connectivity index (χ0n) is 16.8. The topological polar surface area (TPSA) is 69.6 Å². The molecule has 3 rings (SSSR count). The van der Waals surface area contributed by atoms with Crippen molar-refractivity contribution in [2.75, 3.05) is 0 Å². The summed E-state index contributed by atoms with van der Waals surface area (Å²) in [4.78, 5) is 10.7. The van der Waals surface area contributed by atoms with E-state index in [9.17, 15) is 15.0 Å². The number of aliphatic hydroxyl groups excluding tert-OH is 1. The van der Waals surface area contributed by atoms with Crippen LogP contribution in [0.4, 0.5) is 0 Å². The summed E-state index contributed by atoms with van der Waals surface area (Å²) in [5.41, 5.74) is 3.20. The van der Waals surface area contributed by atoms with Crippen LogP contribution in [-0.4, -0.2) is 11.1 Å². The number of rotatable bonds is 8. The number of ether oxygens (including phenoxy) is 1. The SMILES string of the molecule is O=C([O-])/C=C/c1ccccc1/C=C/C(O)c1ccccc1OCc1ccccc1.[Na+]. The van der Waals surface area contributed by atoms with Gasteiger partial charge in [0.2, 0.25) is 0 Å². The Morgan fingerprint density at radius 1 is 0.900 bits per heavy atom. The molecule has 3 aromatic carbocycles. The zero-order valence-corrected chi connectivity index (χ0v) is 18.8. The van der Waals surface area contributed by atoms with Gasteiger partial charge in [0.1, 0.15) is 18.5 Å². The fourth-order valence-corrected chi connectivity index (χ4v) is 2.86. The first-order valence-corrected chi connectivity index (χ1v) is 9.23. The van der Waals surface area contributed by atoms with Gasteiger partial charge in [-0.15, -0.1) is 0 Å². The van der Waals surface area contributed by atoms with Gasteiger partial charge in [0.05, 0.1) is 5.97 Å². The summed E-state index contributed by atoms with van der Waals surface area (Å²) in [6.07, 6.45) is 4.98. The molecular formula is C25H21NaO4. The molecule has 0 heterocycles. The summed E-state index contributed by atoms with van der Waals surface area (Å²) < 4.78 is 5.91. The van der Waals surface area contributed by atoms with Crippen LogP contribution in [0.2, 0.25) is 0 Å². The van der Waals surface area contributed by atoms with Crippen molar-refractivity contribution < 1.29 is 49.3 Å². The fourth-order valence-electron chi connectivity index (χ4n) is 2.86. The molecule has 0 saturated carbocycles. The van der Waals surface area contributed by atoms with Crippen LogP contribution in [0.5, 0.6) is 5.75 Å². The molecule has 0 aliphatic carbocycles. The van der Waals surface area contributed by atoms with Crippen LogP contribution >= 0.6 is 0 Å². The first-order valence-electron chi connectivity index (χ1n) is 9.23. The molecule has 146 valence electrons. The molecule has 0 spiro atoms. The molecule has 0 aliphatic heterocycles. The first-order chi connectivity index (χ1) is 14.1. The number of carboxylic acids is 1. The van der Waals surface area contributed by atoms with Crippen molar-refractivity contribution in [3.8, 4) is 5.75 Å². The van der Waals surface area contributed by atoms with Gasteiger partial charge in [-0.1, -0.05) is 91.0 Å². The average Bonchev–Trinajstić information content (AvgIpc) is 2.76. The second-order valence-corrected chi connectivity index (χ2v) is 6.40. The zero-order chi connectivity index (χ0) is 20.5. The summed E-state index contributed by atoms with van der Waals surface area (Å²) in [6.45, 7) is 0.408. The van der Waals surface area contributed by atoms with Gasteiger partial charge in [0, 0.05) is 5.56 Å². The van der Waals surface area contributed by atoms with E-state index >= 15 is 0 Å². The minimum atomic E-state index is -1.26. The van der Waals surface area contributed by atoms with Crippen molar-refractivity contribution in [3.63, 3.8) is 0 Å². The van der Waals surface area contributed by atoms with Crippen LogP contribution in [0.25, 0.3) is 12.2 Å². The van der Waals surface area contributed by atoms with E-state index in [0.717, 1.165) is 17.2 Å². The minimum Gasteiger partial charge on any atom is -0.545 e.